The average Bonchev–Trinajstić information content (AvgIpc) is 3.79. The SMILES string of the molecule is Cc1c(C(=O)NC2COC2)cc(-c2cc(OCC(C)CCC(C)(C)c3cc(-c4cc(C(=O)NC5COC5)c(C)n4CC4CCCCC4)cc(C(C)(C)C)n3)nc(C(C)(C)C)c2)n1CC1CCCCC1. The third-order valence-electron chi connectivity index (χ3n) is 15.7. The molecule has 6 heterocycles. The highest BCUT2D eigenvalue weighted by atomic mass is 16.5. The molecule has 2 N–H and O–H groups in total. The number of ether oxygens (including phenoxy) is 3. The van der Waals surface area contributed by atoms with E-state index in [0.717, 1.165) is 88.0 Å². The molecule has 1 atom stereocenters. The van der Waals surface area contributed by atoms with Crippen LogP contribution in [-0.2, 0) is 38.8 Å². The molecule has 0 spiro atoms. The summed E-state index contributed by atoms with van der Waals surface area (Å²) in [5, 5.41) is 6.41. The molecule has 4 aromatic rings. The molecule has 376 valence electrons. The third kappa shape index (κ3) is 12.2. The van der Waals surface area contributed by atoms with Crippen LogP contribution < -0.4 is 15.4 Å². The lowest BCUT2D eigenvalue weighted by molar-refractivity contribution is -0.00348. The molecule has 11 heteroatoms. The number of aromatic nitrogens is 4. The fraction of sp³-hybridized carbons (Fsp3) is 0.655. The van der Waals surface area contributed by atoms with Gasteiger partial charge in [0.15, 0.2) is 0 Å². The molecular weight excluding hydrogens is 861 g/mol. The first-order valence-corrected chi connectivity index (χ1v) is 26.6. The molecular formula is C58H84N6O5. The second-order valence-corrected chi connectivity index (χ2v) is 24.2. The van der Waals surface area contributed by atoms with Gasteiger partial charge in [0.25, 0.3) is 11.8 Å². The highest BCUT2D eigenvalue weighted by Gasteiger charge is 2.32. The van der Waals surface area contributed by atoms with Crippen LogP contribution in [0.3, 0.4) is 0 Å². The minimum atomic E-state index is -0.237. The first kappa shape index (κ1) is 50.9. The van der Waals surface area contributed by atoms with E-state index in [4.69, 9.17) is 24.2 Å². The molecule has 1 unspecified atom stereocenters. The Morgan fingerprint density at radius 1 is 0.638 bits per heavy atom. The van der Waals surface area contributed by atoms with Gasteiger partial charge in [-0.15, -0.1) is 0 Å². The van der Waals surface area contributed by atoms with Crippen molar-refractivity contribution in [2.75, 3.05) is 33.0 Å². The van der Waals surface area contributed by atoms with Crippen LogP contribution in [0, 0.1) is 31.6 Å². The van der Waals surface area contributed by atoms with Gasteiger partial charge in [-0.2, -0.15) is 0 Å². The van der Waals surface area contributed by atoms with Gasteiger partial charge >= 0.3 is 0 Å². The molecule has 2 amide bonds. The molecule has 0 bridgehead atoms. The van der Waals surface area contributed by atoms with Gasteiger partial charge in [-0.3, -0.25) is 14.6 Å². The van der Waals surface area contributed by atoms with Gasteiger partial charge in [0.2, 0.25) is 5.88 Å². The van der Waals surface area contributed by atoms with E-state index in [2.05, 4.69) is 132 Å². The fourth-order valence-corrected chi connectivity index (χ4v) is 10.7. The number of rotatable bonds is 17. The van der Waals surface area contributed by atoms with Gasteiger partial charge in [-0.25, -0.2) is 4.98 Å². The Morgan fingerprint density at radius 3 is 1.51 bits per heavy atom. The first-order valence-electron chi connectivity index (χ1n) is 26.6. The molecule has 2 aliphatic carbocycles. The van der Waals surface area contributed by atoms with Crippen LogP contribution in [0.25, 0.3) is 22.5 Å². The smallest absolute Gasteiger partial charge is 0.253 e. The lowest BCUT2D eigenvalue weighted by Gasteiger charge is -2.29. The summed E-state index contributed by atoms with van der Waals surface area (Å²) in [6, 6.07) is 13.2. The minimum absolute atomic E-state index is 0.0175. The number of carbonyl (C=O) groups is 2. The fourth-order valence-electron chi connectivity index (χ4n) is 10.7. The maximum atomic E-state index is 13.8. The number of amides is 2. The average molecular weight is 945 g/mol. The molecule has 11 nitrogen and oxygen atoms in total. The van der Waals surface area contributed by atoms with Crippen molar-refractivity contribution in [1.82, 2.24) is 29.7 Å². The van der Waals surface area contributed by atoms with Crippen LogP contribution in [0.4, 0.5) is 0 Å². The van der Waals surface area contributed by atoms with Crippen molar-refractivity contribution in [2.24, 2.45) is 17.8 Å². The molecule has 4 aliphatic rings. The Balaban J connectivity index is 1.03. The first-order chi connectivity index (χ1) is 32.7. The summed E-state index contributed by atoms with van der Waals surface area (Å²) in [5.74, 6) is 2.00. The van der Waals surface area contributed by atoms with Crippen molar-refractivity contribution < 1.29 is 23.8 Å². The summed E-state index contributed by atoms with van der Waals surface area (Å²) >= 11 is 0. The van der Waals surface area contributed by atoms with Gasteiger partial charge in [-0.05, 0) is 100 Å². The number of pyridine rings is 2. The number of hydrogen-bond acceptors (Lipinski definition) is 7. The zero-order valence-electron chi connectivity index (χ0n) is 44.1. The maximum absolute atomic E-state index is 13.8. The second kappa shape index (κ2) is 21.1. The Labute approximate surface area is 413 Å². The summed E-state index contributed by atoms with van der Waals surface area (Å²) in [4.78, 5) is 38.0. The van der Waals surface area contributed by atoms with Gasteiger partial charge in [0.05, 0.1) is 61.9 Å². The highest BCUT2D eigenvalue weighted by Crippen LogP contribution is 2.39. The standard InChI is InChI=1S/C58H84N6O5/c1-37(32-69-53-27-43(25-51(62-53)57(7,8)9)49-29-47(55(66)60-45-35-68-36-45)39(3)64(49)31-41-20-16-13-17-21-41)22-23-58(10,11)52-26-42(24-50(61-52)56(4,5)6)48-28-46(54(65)59-44-33-67-34-44)38(2)63(48)30-40-18-14-12-15-19-40/h24-29,37,40-41,44-45H,12-23,30-36H2,1-11H3,(H,59,65)(H,60,66). The van der Waals surface area contributed by atoms with Crippen molar-refractivity contribution in [3.05, 3.63) is 76.0 Å². The lowest BCUT2D eigenvalue weighted by atomic mass is 9.80. The van der Waals surface area contributed by atoms with Crippen LogP contribution in [-0.4, -0.2) is 76.0 Å². The maximum Gasteiger partial charge on any atom is 0.253 e. The molecule has 69 heavy (non-hydrogen) atoms. The number of carbonyl (C=O) groups excluding carboxylic acids is 2. The zero-order valence-corrected chi connectivity index (χ0v) is 44.1. The highest BCUT2D eigenvalue weighted by molar-refractivity contribution is 5.98. The Kier molecular flexibility index (Phi) is 15.6. The molecule has 4 fully saturated rings. The quantitative estimate of drug-likeness (QED) is 0.108. The van der Waals surface area contributed by atoms with Crippen molar-refractivity contribution in [1.29, 1.82) is 0 Å². The van der Waals surface area contributed by atoms with Crippen LogP contribution in [0.2, 0.25) is 0 Å². The molecule has 2 saturated heterocycles. The largest absolute Gasteiger partial charge is 0.477 e. The molecule has 4 aromatic heterocycles. The summed E-state index contributed by atoms with van der Waals surface area (Å²) in [5.41, 5.74) is 10.3. The predicted octanol–water partition coefficient (Wildman–Crippen LogP) is 11.8. The lowest BCUT2D eigenvalue weighted by Crippen LogP contribution is -2.48. The summed E-state index contributed by atoms with van der Waals surface area (Å²) in [7, 11) is 0. The van der Waals surface area contributed by atoms with E-state index in [1.807, 2.05) is 0 Å². The Bertz CT molecular complexity index is 2430. The van der Waals surface area contributed by atoms with Gasteiger partial charge in [0.1, 0.15) is 0 Å². The Hall–Kier alpha value is -4.48. The molecule has 8 rings (SSSR count). The number of nitrogens with zero attached hydrogens (tertiary/aromatic N) is 4. The predicted molar refractivity (Wildman–Crippen MR) is 276 cm³/mol. The van der Waals surface area contributed by atoms with Crippen LogP contribution >= 0.6 is 0 Å². The summed E-state index contributed by atoms with van der Waals surface area (Å²) in [6.07, 6.45) is 14.4. The second-order valence-electron chi connectivity index (χ2n) is 24.2. The third-order valence-corrected chi connectivity index (χ3v) is 15.7. The van der Waals surface area contributed by atoms with Crippen LogP contribution in [0.1, 0.15) is 189 Å². The monoisotopic (exact) mass is 945 g/mol. The molecule has 0 aromatic carbocycles. The van der Waals surface area contributed by atoms with Crippen LogP contribution in [0.5, 0.6) is 5.88 Å². The van der Waals surface area contributed by atoms with E-state index in [-0.39, 0.29) is 46.1 Å². The van der Waals surface area contributed by atoms with E-state index < -0.39 is 0 Å². The Morgan fingerprint density at radius 2 is 1.07 bits per heavy atom. The van der Waals surface area contributed by atoms with E-state index in [9.17, 15) is 9.59 Å². The van der Waals surface area contributed by atoms with E-state index in [1.54, 1.807) is 0 Å². The van der Waals surface area contributed by atoms with Gasteiger partial charge < -0.3 is 34.0 Å². The number of hydrogen-bond donors (Lipinski definition) is 2. The van der Waals surface area contributed by atoms with Crippen molar-refractivity contribution in [2.45, 2.75) is 195 Å². The summed E-state index contributed by atoms with van der Waals surface area (Å²) in [6.45, 7) is 29.1. The van der Waals surface area contributed by atoms with Crippen molar-refractivity contribution in [3.63, 3.8) is 0 Å². The van der Waals surface area contributed by atoms with E-state index >= 15 is 0 Å². The molecule has 0 radical (unpaired) electrons. The summed E-state index contributed by atoms with van der Waals surface area (Å²) < 4.78 is 22.3. The molecule has 2 aliphatic heterocycles. The van der Waals surface area contributed by atoms with E-state index in [1.165, 1.54) is 64.2 Å². The van der Waals surface area contributed by atoms with E-state index in [0.29, 0.717) is 50.8 Å². The van der Waals surface area contributed by atoms with Crippen molar-refractivity contribution >= 4 is 11.8 Å². The van der Waals surface area contributed by atoms with Crippen molar-refractivity contribution in [3.8, 4) is 28.4 Å². The zero-order chi connectivity index (χ0) is 49.3. The van der Waals surface area contributed by atoms with Gasteiger partial charge in [-0.1, -0.05) is 101 Å². The molecule has 2 saturated carbocycles. The normalized spacial score (nSPS) is 18.4. The topological polar surface area (TPSA) is 122 Å². The van der Waals surface area contributed by atoms with Crippen LogP contribution in [0.15, 0.2) is 36.4 Å². The number of nitrogens with one attached hydrogen (secondary N) is 2. The minimum Gasteiger partial charge on any atom is -0.477 e. The van der Waals surface area contributed by atoms with Gasteiger partial charge in [0, 0.05) is 80.7 Å².